The molecule has 0 aliphatic heterocycles. The lowest BCUT2D eigenvalue weighted by Crippen LogP contribution is -2.20. The van der Waals surface area contributed by atoms with Crippen molar-refractivity contribution in [3.8, 4) is 11.5 Å². The Labute approximate surface area is 158 Å². The Morgan fingerprint density at radius 3 is 2.37 bits per heavy atom. The number of primary amides is 1. The maximum atomic E-state index is 11.9. The predicted molar refractivity (Wildman–Crippen MR) is 102 cm³/mol. The Hall–Kier alpha value is -3.28. The third kappa shape index (κ3) is 6.51. The van der Waals surface area contributed by atoms with Crippen LogP contribution in [0.25, 0.3) is 6.08 Å². The van der Waals surface area contributed by atoms with E-state index in [1.165, 1.54) is 13.2 Å². The summed E-state index contributed by atoms with van der Waals surface area (Å²) in [6.07, 6.45) is 2.96. The van der Waals surface area contributed by atoms with Gasteiger partial charge in [0.1, 0.15) is 6.61 Å². The van der Waals surface area contributed by atoms with Crippen LogP contribution in [0.1, 0.15) is 22.3 Å². The van der Waals surface area contributed by atoms with Gasteiger partial charge in [0, 0.05) is 6.08 Å². The van der Waals surface area contributed by atoms with Gasteiger partial charge in [-0.3, -0.25) is 4.79 Å². The van der Waals surface area contributed by atoms with Crippen LogP contribution in [-0.2, 0) is 20.9 Å². The van der Waals surface area contributed by atoms with E-state index in [0.29, 0.717) is 11.5 Å². The van der Waals surface area contributed by atoms with Crippen molar-refractivity contribution in [2.24, 2.45) is 5.73 Å². The molecule has 2 N–H and O–H groups in total. The molecule has 0 bridgehead atoms. The molecular weight excluding hydrogens is 346 g/mol. The fourth-order valence-corrected chi connectivity index (χ4v) is 2.58. The van der Waals surface area contributed by atoms with Crippen molar-refractivity contribution in [2.75, 3.05) is 13.7 Å². The summed E-state index contributed by atoms with van der Waals surface area (Å²) in [4.78, 5) is 22.8. The first kappa shape index (κ1) is 20.0. The zero-order valence-electron chi connectivity index (χ0n) is 15.7. The highest BCUT2D eigenvalue weighted by Gasteiger charge is 2.07. The number of esters is 1. The second-order valence-corrected chi connectivity index (χ2v) is 6.10. The van der Waals surface area contributed by atoms with Crippen molar-refractivity contribution < 1.29 is 23.8 Å². The molecule has 0 saturated heterocycles. The van der Waals surface area contributed by atoms with E-state index in [1.54, 1.807) is 24.3 Å². The van der Waals surface area contributed by atoms with E-state index in [0.717, 1.165) is 22.3 Å². The minimum Gasteiger partial charge on any atom is -0.493 e. The molecule has 0 fully saturated rings. The minimum absolute atomic E-state index is 0.217. The first-order chi connectivity index (χ1) is 12.9. The molecule has 2 aromatic rings. The quantitative estimate of drug-likeness (QED) is 0.571. The van der Waals surface area contributed by atoms with Crippen LogP contribution >= 0.6 is 0 Å². The van der Waals surface area contributed by atoms with Gasteiger partial charge in [0.25, 0.3) is 5.91 Å². The molecule has 1 amide bonds. The Balaban J connectivity index is 1.97. The lowest BCUT2D eigenvalue weighted by molar-refractivity contribution is -0.138. The van der Waals surface area contributed by atoms with E-state index in [2.05, 4.69) is 6.07 Å². The third-order valence-electron chi connectivity index (χ3n) is 3.63. The van der Waals surface area contributed by atoms with Gasteiger partial charge in [0.15, 0.2) is 18.1 Å². The topological polar surface area (TPSA) is 87.8 Å². The summed E-state index contributed by atoms with van der Waals surface area (Å²) >= 11 is 0. The number of hydrogen-bond donors (Lipinski definition) is 1. The normalized spacial score (nSPS) is 10.6. The predicted octanol–water partition coefficient (Wildman–Crippen LogP) is 2.93. The molecule has 0 radical (unpaired) electrons. The zero-order chi connectivity index (χ0) is 19.8. The molecule has 0 unspecified atom stereocenters. The molecule has 0 saturated carbocycles. The van der Waals surface area contributed by atoms with Crippen molar-refractivity contribution >= 4 is 18.0 Å². The number of ether oxygens (including phenoxy) is 3. The highest BCUT2D eigenvalue weighted by atomic mass is 16.5. The van der Waals surface area contributed by atoms with E-state index >= 15 is 0 Å². The Morgan fingerprint density at radius 2 is 1.74 bits per heavy atom. The van der Waals surface area contributed by atoms with Crippen molar-refractivity contribution in [2.45, 2.75) is 20.5 Å². The van der Waals surface area contributed by atoms with Gasteiger partial charge in [-0.1, -0.05) is 35.4 Å². The zero-order valence-corrected chi connectivity index (χ0v) is 15.7. The summed E-state index contributed by atoms with van der Waals surface area (Å²) in [5.41, 5.74) is 8.99. The number of carbonyl (C=O) groups excluding carboxylic acids is 2. The summed E-state index contributed by atoms with van der Waals surface area (Å²) in [5.74, 6) is -0.192. The third-order valence-corrected chi connectivity index (χ3v) is 3.63. The largest absolute Gasteiger partial charge is 0.493 e. The molecule has 0 aliphatic rings. The SMILES string of the molecule is COc1cc(/C=C/C(=O)OCc2cc(C)cc(C)c2)ccc1OCC(N)=O. The molecule has 0 spiro atoms. The molecule has 6 heteroatoms. The van der Waals surface area contributed by atoms with Crippen LogP contribution in [0.15, 0.2) is 42.5 Å². The summed E-state index contributed by atoms with van der Waals surface area (Å²) in [6.45, 7) is 3.98. The highest BCUT2D eigenvalue weighted by molar-refractivity contribution is 5.87. The average molecular weight is 369 g/mol. The van der Waals surface area contributed by atoms with Gasteiger partial charge in [-0.25, -0.2) is 4.79 Å². The van der Waals surface area contributed by atoms with Crippen LogP contribution in [0, 0.1) is 13.8 Å². The van der Waals surface area contributed by atoms with Crippen molar-refractivity contribution in [1.29, 1.82) is 0 Å². The summed E-state index contributed by atoms with van der Waals surface area (Å²) in [5, 5.41) is 0. The van der Waals surface area contributed by atoms with Crippen molar-refractivity contribution in [3.05, 3.63) is 64.7 Å². The van der Waals surface area contributed by atoms with Gasteiger partial charge < -0.3 is 19.9 Å². The van der Waals surface area contributed by atoms with Gasteiger partial charge in [0.05, 0.1) is 7.11 Å². The van der Waals surface area contributed by atoms with E-state index in [1.807, 2.05) is 26.0 Å². The van der Waals surface area contributed by atoms with E-state index < -0.39 is 11.9 Å². The Morgan fingerprint density at radius 1 is 1.04 bits per heavy atom. The Bertz CT molecular complexity index is 837. The molecule has 0 heterocycles. The monoisotopic (exact) mass is 369 g/mol. The summed E-state index contributed by atoms with van der Waals surface area (Å²) in [7, 11) is 1.48. The van der Waals surface area contributed by atoms with Gasteiger partial charge in [-0.05, 0) is 43.2 Å². The molecule has 0 aliphatic carbocycles. The minimum atomic E-state index is -0.576. The van der Waals surface area contributed by atoms with Gasteiger partial charge >= 0.3 is 5.97 Å². The number of aryl methyl sites for hydroxylation is 2. The molecular formula is C21H23NO5. The smallest absolute Gasteiger partial charge is 0.331 e. The van der Waals surface area contributed by atoms with Crippen LogP contribution in [0.2, 0.25) is 0 Å². The second kappa shape index (κ2) is 9.43. The molecule has 2 rings (SSSR count). The number of carbonyl (C=O) groups is 2. The number of amides is 1. The number of methoxy groups -OCH3 is 1. The van der Waals surface area contributed by atoms with E-state index in [-0.39, 0.29) is 13.2 Å². The molecule has 27 heavy (non-hydrogen) atoms. The van der Waals surface area contributed by atoms with Gasteiger partial charge in [-0.15, -0.1) is 0 Å². The van der Waals surface area contributed by atoms with E-state index in [9.17, 15) is 9.59 Å². The van der Waals surface area contributed by atoms with Crippen molar-refractivity contribution in [1.82, 2.24) is 0 Å². The number of rotatable bonds is 8. The van der Waals surface area contributed by atoms with Gasteiger partial charge in [0.2, 0.25) is 0 Å². The highest BCUT2D eigenvalue weighted by Crippen LogP contribution is 2.28. The standard InChI is InChI=1S/C21H23NO5/c1-14-8-15(2)10-17(9-14)12-27-21(24)7-5-16-4-6-18(19(11-16)25-3)26-13-20(22)23/h4-11H,12-13H2,1-3H3,(H2,22,23)/b7-5+. The van der Waals surface area contributed by atoms with Crippen molar-refractivity contribution in [3.63, 3.8) is 0 Å². The summed E-state index contributed by atoms with van der Waals surface area (Å²) in [6, 6.07) is 11.1. The fraction of sp³-hybridized carbons (Fsp3) is 0.238. The molecule has 0 aromatic heterocycles. The number of nitrogens with two attached hydrogens (primary N) is 1. The van der Waals surface area contributed by atoms with Crippen LogP contribution in [-0.4, -0.2) is 25.6 Å². The molecule has 0 atom stereocenters. The van der Waals surface area contributed by atoms with Crippen LogP contribution < -0.4 is 15.2 Å². The summed E-state index contributed by atoms with van der Waals surface area (Å²) < 4.78 is 15.8. The van der Waals surface area contributed by atoms with Crippen LogP contribution in [0.3, 0.4) is 0 Å². The second-order valence-electron chi connectivity index (χ2n) is 6.10. The molecule has 6 nitrogen and oxygen atoms in total. The lowest BCUT2D eigenvalue weighted by atomic mass is 10.1. The lowest BCUT2D eigenvalue weighted by Gasteiger charge is -2.10. The fourth-order valence-electron chi connectivity index (χ4n) is 2.58. The number of hydrogen-bond acceptors (Lipinski definition) is 5. The van der Waals surface area contributed by atoms with Crippen LogP contribution in [0.4, 0.5) is 0 Å². The number of benzene rings is 2. The maximum absolute atomic E-state index is 11.9. The molecule has 142 valence electrons. The first-order valence-corrected chi connectivity index (χ1v) is 8.38. The Kier molecular flexibility index (Phi) is 7.00. The first-order valence-electron chi connectivity index (χ1n) is 8.38. The average Bonchev–Trinajstić information content (AvgIpc) is 2.62. The van der Waals surface area contributed by atoms with Gasteiger partial charge in [-0.2, -0.15) is 0 Å². The maximum Gasteiger partial charge on any atom is 0.331 e. The molecule has 2 aromatic carbocycles. The van der Waals surface area contributed by atoms with E-state index in [4.69, 9.17) is 19.9 Å². The van der Waals surface area contributed by atoms with Crippen LogP contribution in [0.5, 0.6) is 11.5 Å².